The van der Waals surface area contributed by atoms with Crippen molar-refractivity contribution in [3.8, 4) is 11.5 Å². The minimum atomic E-state index is -0.241. The van der Waals surface area contributed by atoms with Crippen molar-refractivity contribution < 1.29 is 10.2 Å². The molecule has 0 bridgehead atoms. The summed E-state index contributed by atoms with van der Waals surface area (Å²) in [4.78, 5) is 9.50. The molecule has 4 nitrogen and oxygen atoms in total. The Morgan fingerprint density at radius 2 is 0.927 bits per heavy atom. The number of halogens is 1. The van der Waals surface area contributed by atoms with Crippen LogP contribution in [0.5, 0.6) is 11.5 Å². The summed E-state index contributed by atoms with van der Waals surface area (Å²) in [6.07, 6.45) is 3.37. The molecule has 0 aliphatic rings. The highest BCUT2D eigenvalue weighted by molar-refractivity contribution is 6.31. The molecule has 0 saturated heterocycles. The van der Waals surface area contributed by atoms with Crippen LogP contribution in [0.1, 0.15) is 116 Å². The Kier molecular flexibility index (Phi) is 8.92. The summed E-state index contributed by atoms with van der Waals surface area (Å²) in [6.45, 7) is 25.5. The van der Waals surface area contributed by atoms with Gasteiger partial charge in [-0.3, -0.25) is 9.98 Å². The quantitative estimate of drug-likeness (QED) is 0.304. The van der Waals surface area contributed by atoms with Crippen LogP contribution in [0.15, 0.2) is 52.4 Å². The van der Waals surface area contributed by atoms with Gasteiger partial charge in [-0.1, -0.05) is 107 Å². The summed E-state index contributed by atoms with van der Waals surface area (Å²) in [6, 6.07) is 13.5. The molecular formula is C36H47ClN2O2. The smallest absolute Gasteiger partial charge is 0.128 e. The molecule has 0 amide bonds. The third-order valence-corrected chi connectivity index (χ3v) is 7.48. The van der Waals surface area contributed by atoms with E-state index in [-0.39, 0.29) is 33.2 Å². The van der Waals surface area contributed by atoms with E-state index >= 15 is 0 Å². The maximum absolute atomic E-state index is 11.2. The van der Waals surface area contributed by atoms with E-state index in [2.05, 4.69) is 95.2 Å². The standard InChI is InChI=1S/C36H47ClN2O2/c1-33(2,3)24-15-22(31(40)27(17-24)35(7,8)9)20-38-29-14-13-26(37)19-30(29)39-21-23-16-25(34(4,5)6)18-28(32(23)41)36(10,11)12/h13-21,40-41H,1-12H3. The SMILES string of the molecule is CC(C)(C)c1cc(C=Nc2ccc(Cl)cc2N=Cc2cc(C(C)(C)C)cc(C(C)(C)C)c2O)c(O)c(C(C)(C)C)c1. The Hall–Kier alpha value is -3.11. The normalized spacial score (nSPS) is 13.5. The van der Waals surface area contributed by atoms with Crippen LogP contribution in [0.25, 0.3) is 0 Å². The first kappa shape index (κ1) is 32.4. The monoisotopic (exact) mass is 574 g/mol. The lowest BCUT2D eigenvalue weighted by molar-refractivity contribution is 0.443. The highest BCUT2D eigenvalue weighted by atomic mass is 35.5. The molecule has 0 heterocycles. The number of rotatable bonds is 4. The summed E-state index contributed by atoms with van der Waals surface area (Å²) < 4.78 is 0. The summed E-state index contributed by atoms with van der Waals surface area (Å²) >= 11 is 6.37. The van der Waals surface area contributed by atoms with Gasteiger partial charge in [0.2, 0.25) is 0 Å². The van der Waals surface area contributed by atoms with Crippen molar-refractivity contribution in [3.63, 3.8) is 0 Å². The minimum absolute atomic E-state index is 0.0957. The van der Waals surface area contributed by atoms with Crippen molar-refractivity contribution in [3.05, 3.63) is 80.9 Å². The highest BCUT2D eigenvalue weighted by Gasteiger charge is 2.26. The molecule has 2 N–H and O–H groups in total. The van der Waals surface area contributed by atoms with Crippen LogP contribution >= 0.6 is 11.6 Å². The lowest BCUT2D eigenvalue weighted by Gasteiger charge is -2.27. The first-order valence-electron chi connectivity index (χ1n) is 14.2. The number of hydrogen-bond donors (Lipinski definition) is 2. The number of phenols is 2. The second-order valence-electron chi connectivity index (χ2n) is 15.1. The Labute approximate surface area is 252 Å². The van der Waals surface area contributed by atoms with Gasteiger partial charge in [-0.05, 0) is 63.1 Å². The average molecular weight is 575 g/mol. The first-order chi connectivity index (χ1) is 18.6. The van der Waals surface area contributed by atoms with Crippen molar-refractivity contribution in [1.29, 1.82) is 0 Å². The molecule has 0 fully saturated rings. The van der Waals surface area contributed by atoms with Crippen molar-refractivity contribution >= 4 is 35.4 Å². The third kappa shape index (κ3) is 7.80. The molecule has 0 aromatic heterocycles. The molecule has 0 radical (unpaired) electrons. The minimum Gasteiger partial charge on any atom is -0.507 e. The predicted molar refractivity (Wildman–Crippen MR) is 177 cm³/mol. The summed E-state index contributed by atoms with van der Waals surface area (Å²) in [5.74, 6) is 0.451. The molecule has 0 aliphatic heterocycles. The van der Waals surface area contributed by atoms with Crippen LogP contribution in [0.2, 0.25) is 5.02 Å². The van der Waals surface area contributed by atoms with E-state index in [1.807, 2.05) is 18.2 Å². The van der Waals surface area contributed by atoms with Gasteiger partial charge in [0.15, 0.2) is 0 Å². The van der Waals surface area contributed by atoms with E-state index in [1.165, 1.54) is 0 Å². The van der Waals surface area contributed by atoms with Gasteiger partial charge in [-0.15, -0.1) is 0 Å². The fourth-order valence-corrected chi connectivity index (χ4v) is 4.67. The van der Waals surface area contributed by atoms with Crippen LogP contribution in [-0.4, -0.2) is 22.6 Å². The average Bonchev–Trinajstić information content (AvgIpc) is 2.80. The van der Waals surface area contributed by atoms with E-state index in [1.54, 1.807) is 24.6 Å². The summed E-state index contributed by atoms with van der Waals surface area (Å²) in [7, 11) is 0. The van der Waals surface area contributed by atoms with Gasteiger partial charge in [0.25, 0.3) is 0 Å². The number of nitrogens with zero attached hydrogens (tertiary/aromatic N) is 2. The number of benzene rings is 3. The van der Waals surface area contributed by atoms with Gasteiger partial charge < -0.3 is 10.2 Å². The molecule has 0 unspecified atom stereocenters. The number of aliphatic imine (C=N–C) groups is 2. The van der Waals surface area contributed by atoms with Crippen LogP contribution < -0.4 is 0 Å². The van der Waals surface area contributed by atoms with Gasteiger partial charge in [-0.25, -0.2) is 0 Å². The number of phenolic OH excluding ortho intramolecular Hbond substituents is 2. The topological polar surface area (TPSA) is 65.2 Å². The molecule has 41 heavy (non-hydrogen) atoms. The largest absolute Gasteiger partial charge is 0.507 e. The summed E-state index contributed by atoms with van der Waals surface area (Å²) in [5, 5.41) is 22.9. The Bertz CT molecular complexity index is 1490. The third-order valence-electron chi connectivity index (χ3n) is 7.25. The van der Waals surface area contributed by atoms with Crippen molar-refractivity contribution in [2.75, 3.05) is 0 Å². The molecule has 5 heteroatoms. The number of aromatic hydroxyl groups is 2. The van der Waals surface area contributed by atoms with Gasteiger partial charge in [-0.2, -0.15) is 0 Å². The van der Waals surface area contributed by atoms with E-state index in [9.17, 15) is 10.2 Å². The Morgan fingerprint density at radius 3 is 1.29 bits per heavy atom. The zero-order valence-corrected chi connectivity index (χ0v) is 27.6. The predicted octanol–water partition coefficient (Wildman–Crippen LogP) is 10.4. The molecule has 3 aromatic rings. The molecule has 0 saturated carbocycles. The van der Waals surface area contributed by atoms with Crippen LogP contribution in [0.3, 0.4) is 0 Å². The van der Waals surface area contributed by atoms with E-state index in [0.29, 0.717) is 27.5 Å². The van der Waals surface area contributed by atoms with E-state index in [4.69, 9.17) is 21.6 Å². The van der Waals surface area contributed by atoms with Crippen molar-refractivity contribution in [2.24, 2.45) is 9.98 Å². The maximum atomic E-state index is 11.2. The molecule has 3 rings (SSSR count). The van der Waals surface area contributed by atoms with Crippen LogP contribution in [0.4, 0.5) is 11.4 Å². The highest BCUT2D eigenvalue weighted by Crippen LogP contribution is 2.39. The van der Waals surface area contributed by atoms with Crippen LogP contribution in [-0.2, 0) is 21.7 Å². The van der Waals surface area contributed by atoms with Crippen molar-refractivity contribution in [2.45, 2.75) is 105 Å². The van der Waals surface area contributed by atoms with E-state index < -0.39 is 0 Å². The van der Waals surface area contributed by atoms with Crippen molar-refractivity contribution in [1.82, 2.24) is 0 Å². The van der Waals surface area contributed by atoms with Gasteiger partial charge in [0.05, 0.1) is 11.4 Å². The molecular weight excluding hydrogens is 528 g/mol. The van der Waals surface area contributed by atoms with Gasteiger partial charge >= 0.3 is 0 Å². The summed E-state index contributed by atoms with van der Waals surface area (Å²) in [5.41, 5.74) is 5.78. The zero-order chi connectivity index (χ0) is 31.1. The van der Waals surface area contributed by atoms with Gasteiger partial charge in [0, 0.05) is 39.7 Å². The lowest BCUT2D eigenvalue weighted by atomic mass is 9.79. The lowest BCUT2D eigenvalue weighted by Crippen LogP contribution is -2.17. The maximum Gasteiger partial charge on any atom is 0.128 e. The molecule has 220 valence electrons. The zero-order valence-electron chi connectivity index (χ0n) is 26.9. The second kappa shape index (κ2) is 11.3. The van der Waals surface area contributed by atoms with E-state index in [0.717, 1.165) is 22.3 Å². The molecule has 3 aromatic carbocycles. The Morgan fingerprint density at radius 1 is 0.537 bits per heavy atom. The second-order valence-corrected chi connectivity index (χ2v) is 15.5. The van der Waals surface area contributed by atoms with Crippen LogP contribution in [0, 0.1) is 0 Å². The Balaban J connectivity index is 2.14. The van der Waals surface area contributed by atoms with Gasteiger partial charge in [0.1, 0.15) is 11.5 Å². The molecule has 0 spiro atoms. The number of hydrogen-bond acceptors (Lipinski definition) is 4. The fraction of sp³-hybridized carbons (Fsp3) is 0.444. The first-order valence-corrected chi connectivity index (χ1v) is 14.6. The molecule has 0 aliphatic carbocycles. The fourth-order valence-electron chi connectivity index (χ4n) is 4.51. The molecule has 0 atom stereocenters.